The van der Waals surface area contributed by atoms with Gasteiger partial charge >= 0.3 is 5.97 Å². The van der Waals surface area contributed by atoms with Crippen molar-refractivity contribution >= 4 is 34.0 Å². The third-order valence-electron chi connectivity index (χ3n) is 3.79. The lowest BCUT2D eigenvalue weighted by Crippen LogP contribution is -2.20. The van der Waals surface area contributed by atoms with E-state index in [1.807, 2.05) is 43.3 Å². The van der Waals surface area contributed by atoms with Crippen molar-refractivity contribution in [2.24, 2.45) is 0 Å². The minimum atomic E-state index is -0.492. The molecule has 0 unspecified atom stereocenters. The topological polar surface area (TPSA) is 75.3 Å². The molecule has 3 rings (SSSR count). The van der Waals surface area contributed by atoms with Gasteiger partial charge in [0.1, 0.15) is 6.61 Å². The molecule has 0 saturated heterocycles. The predicted molar refractivity (Wildman–Crippen MR) is 97.4 cm³/mol. The summed E-state index contributed by atoms with van der Waals surface area (Å²) in [6, 6.07) is 7.58. The Labute approximate surface area is 149 Å². The fraction of sp³-hybridized carbons (Fsp3) is 0.278. The van der Waals surface area contributed by atoms with E-state index in [-0.39, 0.29) is 18.1 Å². The molecule has 0 bridgehead atoms. The molecule has 0 fully saturated rings. The first-order chi connectivity index (χ1) is 12.0. The van der Waals surface area contributed by atoms with Gasteiger partial charge in [0.05, 0.1) is 5.56 Å². The number of carbonyl (C=O) groups excluding carboxylic acids is 2. The van der Waals surface area contributed by atoms with E-state index in [1.165, 1.54) is 11.3 Å². The highest BCUT2D eigenvalue weighted by Crippen LogP contribution is 2.25. The fourth-order valence-corrected chi connectivity index (χ4v) is 3.30. The molecule has 0 saturated carbocycles. The highest BCUT2D eigenvalue weighted by atomic mass is 32.1. The summed E-state index contributed by atoms with van der Waals surface area (Å²) in [4.78, 5) is 34.9. The van der Waals surface area contributed by atoms with Crippen LogP contribution >= 0.6 is 11.3 Å². The van der Waals surface area contributed by atoms with Gasteiger partial charge in [-0.1, -0.05) is 18.2 Å². The smallest absolute Gasteiger partial charge is 0.358 e. The van der Waals surface area contributed by atoms with Gasteiger partial charge in [-0.3, -0.25) is 4.79 Å². The second-order valence-corrected chi connectivity index (χ2v) is 7.14. The number of ketones is 1. The Kier molecular flexibility index (Phi) is 4.96. The van der Waals surface area contributed by atoms with Crippen molar-refractivity contribution < 1.29 is 14.3 Å². The minimum Gasteiger partial charge on any atom is -0.460 e. The predicted octanol–water partition coefficient (Wildman–Crippen LogP) is 2.88. The Morgan fingerprint density at radius 2 is 2.04 bits per heavy atom. The largest absolute Gasteiger partial charge is 0.460 e. The summed E-state index contributed by atoms with van der Waals surface area (Å²) in [6.07, 6.45) is 1.68. The number of para-hydroxylation sites is 1. The number of aromatic nitrogens is 2. The second-order valence-electron chi connectivity index (χ2n) is 5.94. The first kappa shape index (κ1) is 17.3. The van der Waals surface area contributed by atoms with Crippen LogP contribution in [-0.4, -0.2) is 53.9 Å². The Morgan fingerprint density at radius 1 is 1.28 bits per heavy atom. The van der Waals surface area contributed by atoms with Crippen LogP contribution in [0.4, 0.5) is 0 Å². The zero-order chi connectivity index (χ0) is 18.0. The van der Waals surface area contributed by atoms with Gasteiger partial charge in [-0.15, -0.1) is 11.3 Å². The second kappa shape index (κ2) is 7.16. The summed E-state index contributed by atoms with van der Waals surface area (Å²) < 4.78 is 5.22. The van der Waals surface area contributed by atoms with E-state index in [4.69, 9.17) is 4.74 Å². The van der Waals surface area contributed by atoms with Crippen LogP contribution in [0.3, 0.4) is 0 Å². The molecule has 0 atom stereocenters. The quantitative estimate of drug-likeness (QED) is 0.542. The molecule has 0 spiro atoms. The number of thiazole rings is 1. The molecule has 1 N–H and O–H groups in total. The van der Waals surface area contributed by atoms with Crippen LogP contribution in [0.5, 0.6) is 0 Å². The summed E-state index contributed by atoms with van der Waals surface area (Å²) in [6.45, 7) is 2.69. The van der Waals surface area contributed by atoms with Crippen LogP contribution < -0.4 is 0 Å². The van der Waals surface area contributed by atoms with Crippen LogP contribution in [-0.2, 0) is 4.74 Å². The van der Waals surface area contributed by atoms with Crippen LogP contribution in [0.25, 0.3) is 10.9 Å². The molecule has 2 heterocycles. The lowest BCUT2D eigenvalue weighted by Gasteiger charge is -2.09. The number of rotatable bonds is 6. The van der Waals surface area contributed by atoms with Gasteiger partial charge in [-0.2, -0.15) is 0 Å². The zero-order valence-electron chi connectivity index (χ0n) is 14.3. The van der Waals surface area contributed by atoms with Crippen LogP contribution in [0.2, 0.25) is 0 Å². The number of ether oxygens (including phenoxy) is 1. The van der Waals surface area contributed by atoms with E-state index in [2.05, 4.69) is 9.97 Å². The van der Waals surface area contributed by atoms with Crippen LogP contribution in [0.15, 0.2) is 30.5 Å². The molecule has 1 aromatic carbocycles. The molecule has 2 aromatic heterocycles. The number of likely N-dealkylation sites (N-methyl/N-ethyl adjacent to an activating group) is 1. The molecule has 6 nitrogen and oxygen atoms in total. The van der Waals surface area contributed by atoms with Crippen molar-refractivity contribution in [3.63, 3.8) is 0 Å². The first-order valence-corrected chi connectivity index (χ1v) is 8.69. The normalized spacial score (nSPS) is 11.2. The Bertz CT molecular complexity index is 927. The van der Waals surface area contributed by atoms with Crippen molar-refractivity contribution in [1.82, 2.24) is 14.9 Å². The van der Waals surface area contributed by atoms with E-state index < -0.39 is 5.97 Å². The van der Waals surface area contributed by atoms with Gasteiger partial charge in [-0.25, -0.2) is 9.78 Å². The van der Waals surface area contributed by atoms with Crippen LogP contribution in [0.1, 0.15) is 30.7 Å². The Morgan fingerprint density at radius 3 is 2.80 bits per heavy atom. The third-order valence-corrected chi connectivity index (χ3v) is 4.76. The summed E-state index contributed by atoms with van der Waals surface area (Å²) >= 11 is 1.21. The maximum Gasteiger partial charge on any atom is 0.358 e. The first-order valence-electron chi connectivity index (χ1n) is 7.87. The number of nitrogens with one attached hydrogen (secondary N) is 1. The maximum absolute atomic E-state index is 12.8. The number of carbonyl (C=O) groups is 2. The Hall–Kier alpha value is -2.51. The molecule has 7 heteroatoms. The van der Waals surface area contributed by atoms with Gasteiger partial charge in [-0.05, 0) is 27.1 Å². The van der Waals surface area contributed by atoms with E-state index in [9.17, 15) is 9.59 Å². The molecule has 0 aliphatic carbocycles. The number of H-pyrrole nitrogens is 1. The summed E-state index contributed by atoms with van der Waals surface area (Å²) in [5.41, 5.74) is 1.66. The van der Waals surface area contributed by atoms with Gasteiger partial charge in [0.2, 0.25) is 5.78 Å². The number of hydrogen-bond acceptors (Lipinski definition) is 6. The molecule has 25 heavy (non-hydrogen) atoms. The van der Waals surface area contributed by atoms with Crippen LogP contribution in [0, 0.1) is 6.92 Å². The highest BCUT2D eigenvalue weighted by Gasteiger charge is 2.23. The molecule has 3 aromatic rings. The van der Waals surface area contributed by atoms with Gasteiger partial charge < -0.3 is 14.6 Å². The van der Waals surface area contributed by atoms with Crippen molar-refractivity contribution in [3.05, 3.63) is 51.6 Å². The third kappa shape index (κ3) is 3.62. The van der Waals surface area contributed by atoms with Gasteiger partial charge in [0.15, 0.2) is 10.7 Å². The minimum absolute atomic E-state index is 0.196. The molecule has 130 valence electrons. The molecule has 0 radical (unpaired) electrons. The monoisotopic (exact) mass is 357 g/mol. The number of benzene rings is 1. The molecular weight excluding hydrogens is 338 g/mol. The van der Waals surface area contributed by atoms with Gasteiger partial charge in [0.25, 0.3) is 0 Å². The number of hydrogen-bond donors (Lipinski definition) is 1. The van der Waals surface area contributed by atoms with E-state index >= 15 is 0 Å². The number of fused-ring (bicyclic) bond motifs is 1. The van der Waals surface area contributed by atoms with Crippen molar-refractivity contribution in [2.45, 2.75) is 6.92 Å². The summed E-state index contributed by atoms with van der Waals surface area (Å²) in [5, 5.41) is 1.14. The lowest BCUT2D eigenvalue weighted by atomic mass is 10.1. The number of aryl methyl sites for hydroxylation is 1. The molecule has 0 aliphatic rings. The SMILES string of the molecule is Cc1sc(C(=O)c2c[nH]c3ccccc23)nc1C(=O)OCCN(C)C. The van der Waals surface area contributed by atoms with Crippen molar-refractivity contribution in [3.8, 4) is 0 Å². The zero-order valence-corrected chi connectivity index (χ0v) is 15.1. The van der Waals surface area contributed by atoms with Crippen molar-refractivity contribution in [2.75, 3.05) is 27.2 Å². The van der Waals surface area contributed by atoms with E-state index in [0.717, 1.165) is 10.9 Å². The lowest BCUT2D eigenvalue weighted by molar-refractivity contribution is 0.0475. The number of aromatic amines is 1. The molecular formula is C18H19N3O3S. The summed E-state index contributed by atoms with van der Waals surface area (Å²) in [5.74, 6) is -0.688. The number of esters is 1. The van der Waals surface area contributed by atoms with Crippen molar-refractivity contribution in [1.29, 1.82) is 0 Å². The standard InChI is InChI=1S/C18H19N3O3S/c1-11-15(18(23)24-9-8-21(2)3)20-17(25-11)16(22)13-10-19-14-7-5-4-6-12(13)14/h4-7,10,19H,8-9H2,1-3H3. The maximum atomic E-state index is 12.8. The summed E-state index contributed by atoms with van der Waals surface area (Å²) in [7, 11) is 3.81. The Balaban J connectivity index is 1.82. The van der Waals surface area contributed by atoms with E-state index in [0.29, 0.717) is 22.0 Å². The average Bonchev–Trinajstić information content (AvgIpc) is 3.17. The molecule has 0 aliphatic heterocycles. The van der Waals surface area contributed by atoms with Gasteiger partial charge in [0, 0.05) is 28.5 Å². The number of nitrogens with zero attached hydrogens (tertiary/aromatic N) is 2. The van der Waals surface area contributed by atoms with E-state index in [1.54, 1.807) is 13.1 Å². The molecule has 0 amide bonds. The highest BCUT2D eigenvalue weighted by molar-refractivity contribution is 7.14. The average molecular weight is 357 g/mol. The fourth-order valence-electron chi connectivity index (χ4n) is 2.45.